The van der Waals surface area contributed by atoms with Gasteiger partial charge in [0.1, 0.15) is 6.04 Å². The molecule has 35 heavy (non-hydrogen) atoms. The molecule has 0 bridgehead atoms. The van der Waals surface area contributed by atoms with Crippen molar-refractivity contribution in [3.63, 3.8) is 0 Å². The van der Waals surface area contributed by atoms with Crippen molar-refractivity contribution >= 4 is 10.9 Å². The lowest BCUT2D eigenvalue weighted by Gasteiger charge is -2.35. The van der Waals surface area contributed by atoms with E-state index in [4.69, 9.17) is 4.74 Å². The number of pyridine rings is 1. The van der Waals surface area contributed by atoms with Crippen LogP contribution in [-0.4, -0.2) is 49.3 Å². The molecule has 1 N–H and O–H groups in total. The van der Waals surface area contributed by atoms with Gasteiger partial charge in [-0.2, -0.15) is 0 Å². The summed E-state index contributed by atoms with van der Waals surface area (Å²) >= 11 is 0. The third-order valence-corrected chi connectivity index (χ3v) is 7.35. The standard InChI is InChI=1S/C27H30N6O2/c1-17-12-18(2)24-21(13-17)14-23(27(34)28-24)25(32-10-9-19-6-3-4-7-20(19)15-32)26-29-30-31-33(26)16-22-8-5-11-35-22/h3-4,6-7,12-14,22,25H,5,8-11,15-16H2,1-2H3,(H,28,34)/t22-,25+/m1/s1. The Kier molecular flexibility index (Phi) is 5.70. The Hall–Kier alpha value is -3.36. The van der Waals surface area contributed by atoms with Gasteiger partial charge in [0.05, 0.1) is 18.2 Å². The summed E-state index contributed by atoms with van der Waals surface area (Å²) in [6.07, 6.45) is 3.07. The van der Waals surface area contributed by atoms with Gasteiger partial charge in [-0.15, -0.1) is 5.10 Å². The molecule has 2 aliphatic rings. The molecule has 0 spiro atoms. The second-order valence-electron chi connectivity index (χ2n) is 9.85. The fourth-order valence-corrected chi connectivity index (χ4v) is 5.66. The normalized spacial score (nSPS) is 19.2. The Labute approximate surface area is 203 Å². The summed E-state index contributed by atoms with van der Waals surface area (Å²) in [5, 5.41) is 13.9. The number of aromatic amines is 1. The van der Waals surface area contributed by atoms with Crippen LogP contribution in [-0.2, 0) is 24.2 Å². The molecule has 8 nitrogen and oxygen atoms in total. The molecule has 0 unspecified atom stereocenters. The van der Waals surface area contributed by atoms with Crippen LogP contribution in [0, 0.1) is 13.8 Å². The lowest BCUT2D eigenvalue weighted by Crippen LogP contribution is -2.39. The number of fused-ring (bicyclic) bond motifs is 2. The van der Waals surface area contributed by atoms with Crippen molar-refractivity contribution in [1.82, 2.24) is 30.1 Å². The van der Waals surface area contributed by atoms with Gasteiger partial charge < -0.3 is 9.72 Å². The number of benzene rings is 2. The zero-order valence-electron chi connectivity index (χ0n) is 20.2. The Morgan fingerprint density at radius 1 is 1.17 bits per heavy atom. The third kappa shape index (κ3) is 4.17. The van der Waals surface area contributed by atoms with E-state index in [9.17, 15) is 4.79 Å². The quantitative estimate of drug-likeness (QED) is 0.481. The molecule has 180 valence electrons. The SMILES string of the molecule is Cc1cc(C)c2[nH]c(=O)c([C@@H](c3nnnn3C[C@H]3CCCO3)N3CCc4ccccc4C3)cc2c1. The van der Waals surface area contributed by atoms with Crippen LogP contribution in [0.15, 0.2) is 47.3 Å². The summed E-state index contributed by atoms with van der Waals surface area (Å²) in [6, 6.07) is 14.4. The number of aryl methyl sites for hydroxylation is 2. The van der Waals surface area contributed by atoms with E-state index in [0.29, 0.717) is 17.9 Å². The molecule has 4 heterocycles. The summed E-state index contributed by atoms with van der Waals surface area (Å²) in [7, 11) is 0. The first-order valence-corrected chi connectivity index (χ1v) is 12.4. The van der Waals surface area contributed by atoms with Gasteiger partial charge in [0.15, 0.2) is 5.82 Å². The van der Waals surface area contributed by atoms with Gasteiger partial charge in [-0.25, -0.2) is 4.68 Å². The molecule has 2 aliphatic heterocycles. The van der Waals surface area contributed by atoms with Crippen LogP contribution in [0.25, 0.3) is 10.9 Å². The molecule has 2 aromatic carbocycles. The average molecular weight is 471 g/mol. The van der Waals surface area contributed by atoms with Crippen molar-refractivity contribution in [2.45, 2.75) is 58.3 Å². The van der Waals surface area contributed by atoms with E-state index in [0.717, 1.165) is 55.4 Å². The summed E-state index contributed by atoms with van der Waals surface area (Å²) < 4.78 is 7.71. The Balaban J connectivity index is 1.48. The number of H-pyrrole nitrogens is 1. The van der Waals surface area contributed by atoms with E-state index in [-0.39, 0.29) is 17.7 Å². The molecule has 2 atom stereocenters. The molecule has 6 rings (SSSR count). The smallest absolute Gasteiger partial charge is 0.253 e. The van der Waals surface area contributed by atoms with Crippen LogP contribution in [0.1, 0.15) is 52.5 Å². The number of hydrogen-bond donors (Lipinski definition) is 1. The number of nitrogens with one attached hydrogen (secondary N) is 1. The molecule has 1 saturated heterocycles. The molecule has 2 aromatic heterocycles. The summed E-state index contributed by atoms with van der Waals surface area (Å²) in [5.74, 6) is 0.689. The van der Waals surface area contributed by atoms with Crippen molar-refractivity contribution in [2.24, 2.45) is 0 Å². The van der Waals surface area contributed by atoms with Crippen molar-refractivity contribution in [3.8, 4) is 0 Å². The first kappa shape index (κ1) is 22.1. The average Bonchev–Trinajstić information content (AvgIpc) is 3.53. The van der Waals surface area contributed by atoms with Gasteiger partial charge in [-0.1, -0.05) is 35.9 Å². The van der Waals surface area contributed by atoms with Gasteiger partial charge >= 0.3 is 0 Å². The van der Waals surface area contributed by atoms with Crippen LogP contribution in [0.2, 0.25) is 0 Å². The number of hydrogen-bond acceptors (Lipinski definition) is 6. The van der Waals surface area contributed by atoms with E-state index in [2.05, 4.69) is 68.7 Å². The zero-order valence-corrected chi connectivity index (χ0v) is 20.2. The van der Waals surface area contributed by atoms with Crippen molar-refractivity contribution < 1.29 is 4.74 Å². The third-order valence-electron chi connectivity index (χ3n) is 7.35. The number of ether oxygens (including phenoxy) is 1. The molecule has 1 fully saturated rings. The van der Waals surface area contributed by atoms with Crippen molar-refractivity contribution in [3.05, 3.63) is 86.5 Å². The Morgan fingerprint density at radius 3 is 2.86 bits per heavy atom. The van der Waals surface area contributed by atoms with E-state index in [1.807, 2.05) is 17.7 Å². The minimum absolute atomic E-state index is 0.0972. The summed E-state index contributed by atoms with van der Waals surface area (Å²) in [5.41, 5.74) is 6.33. The second kappa shape index (κ2) is 9.02. The highest BCUT2D eigenvalue weighted by molar-refractivity contribution is 5.83. The minimum atomic E-state index is -0.367. The molecule has 0 amide bonds. The van der Waals surface area contributed by atoms with Gasteiger partial charge in [0.25, 0.3) is 5.56 Å². The van der Waals surface area contributed by atoms with Crippen LogP contribution in [0.4, 0.5) is 0 Å². The van der Waals surface area contributed by atoms with Crippen LogP contribution in [0.3, 0.4) is 0 Å². The highest BCUT2D eigenvalue weighted by Gasteiger charge is 2.33. The molecule has 4 aromatic rings. The zero-order chi connectivity index (χ0) is 23.9. The Bertz CT molecular complexity index is 1440. The van der Waals surface area contributed by atoms with Gasteiger partial charge in [-0.3, -0.25) is 9.69 Å². The predicted molar refractivity (Wildman–Crippen MR) is 133 cm³/mol. The van der Waals surface area contributed by atoms with Gasteiger partial charge in [0, 0.05) is 25.3 Å². The number of rotatable bonds is 5. The number of nitrogens with zero attached hydrogens (tertiary/aromatic N) is 5. The van der Waals surface area contributed by atoms with Gasteiger partial charge in [0.2, 0.25) is 0 Å². The highest BCUT2D eigenvalue weighted by atomic mass is 16.5. The topological polar surface area (TPSA) is 88.9 Å². The van der Waals surface area contributed by atoms with Crippen molar-refractivity contribution in [1.29, 1.82) is 0 Å². The fourth-order valence-electron chi connectivity index (χ4n) is 5.66. The van der Waals surface area contributed by atoms with Crippen molar-refractivity contribution in [2.75, 3.05) is 13.2 Å². The van der Waals surface area contributed by atoms with Gasteiger partial charge in [-0.05, 0) is 77.7 Å². The molecular weight excluding hydrogens is 440 g/mol. The van der Waals surface area contributed by atoms with Crippen LogP contribution in [0.5, 0.6) is 0 Å². The number of tetrazole rings is 1. The van der Waals surface area contributed by atoms with E-state index in [1.165, 1.54) is 16.7 Å². The molecule has 8 heteroatoms. The largest absolute Gasteiger partial charge is 0.376 e. The lowest BCUT2D eigenvalue weighted by molar-refractivity contribution is 0.0904. The lowest BCUT2D eigenvalue weighted by atomic mass is 9.95. The summed E-state index contributed by atoms with van der Waals surface area (Å²) in [4.78, 5) is 19.1. The second-order valence-corrected chi connectivity index (χ2v) is 9.85. The minimum Gasteiger partial charge on any atom is -0.376 e. The predicted octanol–water partition coefficient (Wildman–Crippen LogP) is 3.46. The maximum Gasteiger partial charge on any atom is 0.253 e. The maximum atomic E-state index is 13.6. The fraction of sp³-hybridized carbons (Fsp3) is 0.407. The summed E-state index contributed by atoms with van der Waals surface area (Å²) in [6.45, 7) is 7.03. The molecular formula is C27H30N6O2. The first-order valence-electron chi connectivity index (χ1n) is 12.4. The van der Waals surface area contributed by atoms with Crippen LogP contribution >= 0.6 is 0 Å². The van der Waals surface area contributed by atoms with E-state index < -0.39 is 0 Å². The van der Waals surface area contributed by atoms with E-state index in [1.54, 1.807) is 0 Å². The monoisotopic (exact) mass is 470 g/mol. The molecule has 0 radical (unpaired) electrons. The number of aromatic nitrogens is 5. The highest BCUT2D eigenvalue weighted by Crippen LogP contribution is 2.32. The Morgan fingerprint density at radius 2 is 2.03 bits per heavy atom. The van der Waals surface area contributed by atoms with Crippen LogP contribution < -0.4 is 5.56 Å². The first-order chi connectivity index (χ1) is 17.1. The molecule has 0 saturated carbocycles. The van der Waals surface area contributed by atoms with E-state index >= 15 is 0 Å². The molecule has 0 aliphatic carbocycles. The maximum absolute atomic E-state index is 13.6.